The summed E-state index contributed by atoms with van der Waals surface area (Å²) < 4.78 is 76.2. The summed E-state index contributed by atoms with van der Waals surface area (Å²) in [5.74, 6) is -2.64. The van der Waals surface area contributed by atoms with Crippen LogP contribution in [-0.4, -0.2) is 42.4 Å². The molecule has 3 rings (SSSR count). The molecule has 0 aromatic carbocycles. The molecule has 178 valence electrons. The average Bonchev–Trinajstić information content (AvgIpc) is 3.21. The van der Waals surface area contributed by atoms with Gasteiger partial charge in [0.15, 0.2) is 11.2 Å². The van der Waals surface area contributed by atoms with Gasteiger partial charge in [0.25, 0.3) is 0 Å². The number of alkyl halides is 6. The molecule has 0 fully saturated rings. The Morgan fingerprint density at radius 2 is 1.94 bits per heavy atom. The molecule has 0 radical (unpaired) electrons. The monoisotopic (exact) mass is 496 g/mol. The summed E-state index contributed by atoms with van der Waals surface area (Å²) in [6.07, 6.45) is -7.76. The third kappa shape index (κ3) is 5.39. The highest BCUT2D eigenvalue weighted by atomic mass is 32.1. The first kappa shape index (κ1) is 24.4. The SMILES string of the molecule is CC(Cn1c(=S)n(OC(=O)C(F)(F)F)c(=O)c2[nH]cnc21)NCc1ccc(C(F)(F)F)nc1. The molecule has 3 heterocycles. The lowest BCUT2D eigenvalue weighted by molar-refractivity contribution is -0.200. The van der Waals surface area contributed by atoms with Crippen molar-refractivity contribution in [1.82, 2.24) is 29.6 Å². The van der Waals surface area contributed by atoms with Gasteiger partial charge in [-0.2, -0.15) is 26.3 Å². The predicted molar refractivity (Wildman–Crippen MR) is 102 cm³/mol. The van der Waals surface area contributed by atoms with Gasteiger partial charge in [0.2, 0.25) is 4.77 Å². The van der Waals surface area contributed by atoms with Crippen LogP contribution in [0.2, 0.25) is 0 Å². The van der Waals surface area contributed by atoms with Crippen LogP contribution in [0.1, 0.15) is 18.2 Å². The number of nitrogens with one attached hydrogen (secondary N) is 2. The summed E-state index contributed by atoms with van der Waals surface area (Å²) in [5, 5.41) is 2.99. The number of aromatic amines is 1. The molecule has 0 amide bonds. The van der Waals surface area contributed by atoms with Crippen molar-refractivity contribution < 1.29 is 36.0 Å². The minimum atomic E-state index is -5.36. The summed E-state index contributed by atoms with van der Waals surface area (Å²) in [6, 6.07) is 1.60. The van der Waals surface area contributed by atoms with Crippen LogP contribution in [-0.2, 0) is 24.1 Å². The molecule has 0 spiro atoms. The minimum Gasteiger partial charge on any atom is -0.339 e. The van der Waals surface area contributed by atoms with E-state index >= 15 is 0 Å². The van der Waals surface area contributed by atoms with Crippen LogP contribution in [0.25, 0.3) is 11.2 Å². The van der Waals surface area contributed by atoms with Crippen LogP contribution < -0.4 is 15.7 Å². The molecule has 0 aliphatic carbocycles. The molecule has 0 saturated heterocycles. The fraction of sp³-hybridized carbons (Fsp3) is 0.353. The lowest BCUT2D eigenvalue weighted by Crippen LogP contribution is -2.41. The molecule has 2 N–H and O–H groups in total. The van der Waals surface area contributed by atoms with Gasteiger partial charge in [-0.1, -0.05) is 6.07 Å². The summed E-state index contributed by atoms with van der Waals surface area (Å²) in [7, 11) is 0. The highest BCUT2D eigenvalue weighted by Crippen LogP contribution is 2.27. The highest BCUT2D eigenvalue weighted by Gasteiger charge is 2.42. The zero-order valence-corrected chi connectivity index (χ0v) is 17.3. The van der Waals surface area contributed by atoms with Gasteiger partial charge in [0.1, 0.15) is 5.69 Å². The van der Waals surface area contributed by atoms with Gasteiger partial charge in [-0.05, 0) is 30.8 Å². The summed E-state index contributed by atoms with van der Waals surface area (Å²) in [5.41, 5.74) is -1.99. The van der Waals surface area contributed by atoms with Crippen molar-refractivity contribution in [3.05, 3.63) is 51.0 Å². The van der Waals surface area contributed by atoms with E-state index in [1.165, 1.54) is 10.6 Å². The van der Waals surface area contributed by atoms with Crippen LogP contribution in [0.4, 0.5) is 26.3 Å². The van der Waals surface area contributed by atoms with Crippen molar-refractivity contribution in [2.45, 2.75) is 38.4 Å². The van der Waals surface area contributed by atoms with E-state index in [0.29, 0.717) is 5.56 Å². The number of carbonyl (C=O) groups excluding carboxylic acids is 1. The van der Waals surface area contributed by atoms with E-state index in [0.717, 1.165) is 18.6 Å². The van der Waals surface area contributed by atoms with E-state index in [1.807, 2.05) is 0 Å². The number of carbonyl (C=O) groups is 1. The maximum atomic E-state index is 12.6. The van der Waals surface area contributed by atoms with Gasteiger partial charge < -0.3 is 15.1 Å². The zero-order chi connectivity index (χ0) is 24.6. The van der Waals surface area contributed by atoms with Crippen LogP contribution in [0, 0.1) is 4.77 Å². The second-order valence-corrected chi connectivity index (χ2v) is 7.17. The third-order valence-electron chi connectivity index (χ3n) is 4.31. The second-order valence-electron chi connectivity index (χ2n) is 6.80. The van der Waals surface area contributed by atoms with Crippen molar-refractivity contribution in [2.75, 3.05) is 0 Å². The van der Waals surface area contributed by atoms with Crippen LogP contribution in [0.5, 0.6) is 0 Å². The molecule has 3 aromatic heterocycles. The Kier molecular flexibility index (Phi) is 6.60. The van der Waals surface area contributed by atoms with Gasteiger partial charge in [-0.15, -0.1) is 4.73 Å². The molecule has 0 aliphatic heterocycles. The topological polar surface area (TPSA) is 107 Å². The van der Waals surface area contributed by atoms with E-state index in [2.05, 4.69) is 25.1 Å². The van der Waals surface area contributed by atoms with Crippen LogP contribution in [0.3, 0.4) is 0 Å². The maximum Gasteiger partial charge on any atom is 0.493 e. The van der Waals surface area contributed by atoms with Crippen molar-refractivity contribution in [2.24, 2.45) is 0 Å². The Balaban J connectivity index is 1.82. The summed E-state index contributed by atoms with van der Waals surface area (Å²) in [4.78, 5) is 37.5. The van der Waals surface area contributed by atoms with Crippen LogP contribution >= 0.6 is 12.2 Å². The lowest BCUT2D eigenvalue weighted by atomic mass is 10.2. The summed E-state index contributed by atoms with van der Waals surface area (Å²) in [6.45, 7) is 1.71. The molecule has 0 bridgehead atoms. The van der Waals surface area contributed by atoms with Gasteiger partial charge >= 0.3 is 23.9 Å². The largest absolute Gasteiger partial charge is 0.493 e. The first-order valence-electron chi connectivity index (χ1n) is 9.03. The van der Waals surface area contributed by atoms with E-state index in [9.17, 15) is 35.9 Å². The Hall–Kier alpha value is -3.27. The number of imidazole rings is 1. The molecule has 33 heavy (non-hydrogen) atoms. The van der Waals surface area contributed by atoms with Gasteiger partial charge in [0, 0.05) is 25.3 Å². The molecular weight excluding hydrogens is 482 g/mol. The highest BCUT2D eigenvalue weighted by molar-refractivity contribution is 7.71. The Bertz CT molecular complexity index is 1280. The lowest BCUT2D eigenvalue weighted by Gasteiger charge is -2.18. The van der Waals surface area contributed by atoms with Crippen LogP contribution in [0.15, 0.2) is 29.5 Å². The van der Waals surface area contributed by atoms with E-state index in [-0.39, 0.29) is 29.0 Å². The number of hydrogen-bond acceptors (Lipinski definition) is 7. The minimum absolute atomic E-state index is 0.00848. The maximum absolute atomic E-state index is 12.6. The molecule has 3 aromatic rings. The summed E-state index contributed by atoms with van der Waals surface area (Å²) >= 11 is 5.04. The average molecular weight is 496 g/mol. The van der Waals surface area contributed by atoms with Gasteiger partial charge in [-0.25, -0.2) is 9.78 Å². The van der Waals surface area contributed by atoms with Gasteiger partial charge in [0.05, 0.1) is 6.33 Å². The molecule has 0 saturated carbocycles. The molecule has 1 atom stereocenters. The Morgan fingerprint density at radius 1 is 1.24 bits per heavy atom. The van der Waals surface area contributed by atoms with E-state index < -0.39 is 40.4 Å². The fourth-order valence-corrected chi connectivity index (χ4v) is 3.03. The third-order valence-corrected chi connectivity index (χ3v) is 4.70. The number of fused-ring (bicyclic) bond motifs is 1. The first-order chi connectivity index (χ1) is 15.3. The molecular formula is C17H14F6N6O3S. The zero-order valence-electron chi connectivity index (χ0n) is 16.5. The van der Waals surface area contributed by atoms with Crippen molar-refractivity contribution in [3.8, 4) is 0 Å². The number of nitrogens with zero attached hydrogens (tertiary/aromatic N) is 4. The van der Waals surface area contributed by atoms with Crippen molar-refractivity contribution in [3.63, 3.8) is 0 Å². The quantitative estimate of drug-likeness (QED) is 0.399. The number of halogens is 6. The molecule has 9 nitrogen and oxygen atoms in total. The number of aromatic nitrogens is 5. The smallest absolute Gasteiger partial charge is 0.339 e. The fourth-order valence-electron chi connectivity index (χ4n) is 2.74. The predicted octanol–water partition coefficient (Wildman–Crippen LogP) is 2.37. The molecule has 16 heteroatoms. The Morgan fingerprint density at radius 3 is 2.52 bits per heavy atom. The number of pyridine rings is 1. The van der Waals surface area contributed by atoms with E-state index in [4.69, 9.17) is 12.2 Å². The van der Waals surface area contributed by atoms with Gasteiger partial charge in [-0.3, -0.25) is 14.3 Å². The number of hydrogen-bond donors (Lipinski definition) is 2. The Labute approximate surface area is 185 Å². The van der Waals surface area contributed by atoms with E-state index in [1.54, 1.807) is 6.92 Å². The first-order valence-corrected chi connectivity index (χ1v) is 9.43. The number of H-pyrrole nitrogens is 1. The number of rotatable bonds is 6. The normalized spacial score (nSPS) is 13.3. The second kappa shape index (κ2) is 8.93. The van der Waals surface area contributed by atoms with Crippen molar-refractivity contribution in [1.29, 1.82) is 0 Å². The molecule has 0 aliphatic rings. The van der Waals surface area contributed by atoms with Crippen molar-refractivity contribution >= 4 is 29.4 Å². The standard InChI is InChI=1S/C17H14F6N6O3S/c1-8(24-4-9-2-3-10(25-5-9)16(18,19)20)6-28-12-11(26-7-27-12)13(30)29(15(28)33)32-14(31)17(21,22)23/h2-3,5,7-8,24H,4,6H2,1H3,(H,26,27). The molecule has 1 unspecified atom stereocenters.